The Morgan fingerprint density at radius 2 is 1.95 bits per heavy atom. The molecule has 0 aliphatic carbocycles. The zero-order valence-corrected chi connectivity index (χ0v) is 12.3. The van der Waals surface area contributed by atoms with Crippen molar-refractivity contribution in [3.63, 3.8) is 0 Å². The van der Waals surface area contributed by atoms with E-state index in [0.29, 0.717) is 6.54 Å². The smallest absolute Gasteiger partial charge is 0.179 e. The molecule has 3 heteroatoms. The average molecular weight is 271 g/mol. The Balaban J connectivity index is 2.09. The lowest BCUT2D eigenvalue weighted by Gasteiger charge is -2.25. The van der Waals surface area contributed by atoms with Crippen molar-refractivity contribution in [1.29, 1.82) is 0 Å². The van der Waals surface area contributed by atoms with E-state index in [0.717, 1.165) is 23.4 Å². The fourth-order valence-corrected chi connectivity index (χ4v) is 2.25. The second-order valence-corrected chi connectivity index (χ2v) is 5.05. The monoisotopic (exact) mass is 271 g/mol. The fourth-order valence-electron chi connectivity index (χ4n) is 2.25. The van der Waals surface area contributed by atoms with Gasteiger partial charge in [0.25, 0.3) is 0 Å². The lowest BCUT2D eigenvalue weighted by atomic mass is 10.0. The van der Waals surface area contributed by atoms with Crippen LogP contribution in [-0.2, 0) is 6.54 Å². The minimum Gasteiger partial charge on any atom is -0.468 e. The quantitative estimate of drug-likeness (QED) is 0.751. The van der Waals surface area contributed by atoms with E-state index in [9.17, 15) is 4.79 Å². The van der Waals surface area contributed by atoms with Crippen molar-refractivity contribution in [3.8, 4) is 0 Å². The summed E-state index contributed by atoms with van der Waals surface area (Å²) in [7, 11) is 0. The predicted octanol–water partition coefficient (Wildman–Crippen LogP) is 3.68. The maximum absolute atomic E-state index is 12.5. The molecule has 0 radical (unpaired) electrons. The Morgan fingerprint density at radius 3 is 2.50 bits per heavy atom. The third-order valence-electron chi connectivity index (χ3n) is 3.61. The molecule has 0 fully saturated rings. The van der Waals surface area contributed by atoms with Crippen LogP contribution in [0.5, 0.6) is 0 Å². The summed E-state index contributed by atoms with van der Waals surface area (Å²) < 4.78 is 5.36. The van der Waals surface area contributed by atoms with Crippen LogP contribution in [0.4, 0.5) is 0 Å². The zero-order valence-electron chi connectivity index (χ0n) is 12.3. The van der Waals surface area contributed by atoms with Crippen molar-refractivity contribution in [3.05, 3.63) is 59.5 Å². The number of aryl methyl sites for hydroxylation is 1. The van der Waals surface area contributed by atoms with Gasteiger partial charge in [-0.2, -0.15) is 0 Å². The summed E-state index contributed by atoms with van der Waals surface area (Å²) in [6, 6.07) is 11.4. The largest absolute Gasteiger partial charge is 0.468 e. The molecule has 0 aliphatic heterocycles. The Kier molecular flexibility index (Phi) is 4.74. The number of carbonyl (C=O) groups excluding carboxylic acids is 1. The van der Waals surface area contributed by atoms with Crippen LogP contribution in [0.2, 0.25) is 0 Å². The van der Waals surface area contributed by atoms with Gasteiger partial charge >= 0.3 is 0 Å². The van der Waals surface area contributed by atoms with Crippen LogP contribution in [-0.4, -0.2) is 23.3 Å². The molecular weight excluding hydrogens is 250 g/mol. The number of likely N-dealkylation sites (N-methyl/N-ethyl adjacent to an activating group) is 1. The summed E-state index contributed by atoms with van der Waals surface area (Å²) in [6.45, 7) is 7.49. The molecule has 106 valence electrons. The minimum absolute atomic E-state index is 0.151. The molecule has 1 aromatic carbocycles. The molecule has 0 aliphatic rings. The highest BCUT2D eigenvalue weighted by molar-refractivity contribution is 5.99. The van der Waals surface area contributed by atoms with Gasteiger partial charge < -0.3 is 4.42 Å². The first-order valence-electron chi connectivity index (χ1n) is 6.99. The van der Waals surface area contributed by atoms with Gasteiger partial charge in [-0.15, -0.1) is 0 Å². The van der Waals surface area contributed by atoms with Gasteiger partial charge in [0.15, 0.2) is 5.78 Å². The number of Topliss-reactive ketones (excluding diaryl/α,β-unsaturated/α-hetero) is 1. The number of rotatable bonds is 6. The van der Waals surface area contributed by atoms with Crippen molar-refractivity contribution in [1.82, 2.24) is 4.90 Å². The molecule has 3 nitrogen and oxygen atoms in total. The van der Waals surface area contributed by atoms with E-state index in [-0.39, 0.29) is 11.8 Å². The lowest BCUT2D eigenvalue weighted by Crippen LogP contribution is -2.38. The van der Waals surface area contributed by atoms with Crippen LogP contribution >= 0.6 is 0 Å². The van der Waals surface area contributed by atoms with Gasteiger partial charge in [0.05, 0.1) is 18.8 Å². The maximum Gasteiger partial charge on any atom is 0.179 e. The predicted molar refractivity (Wildman–Crippen MR) is 79.8 cm³/mol. The molecule has 1 unspecified atom stereocenters. The molecule has 0 bridgehead atoms. The number of carbonyl (C=O) groups is 1. The molecule has 1 heterocycles. The van der Waals surface area contributed by atoms with Crippen LogP contribution in [0.15, 0.2) is 47.1 Å². The Bertz CT molecular complexity index is 543. The van der Waals surface area contributed by atoms with Gasteiger partial charge in [0.1, 0.15) is 5.76 Å². The van der Waals surface area contributed by atoms with Crippen molar-refractivity contribution >= 4 is 5.78 Å². The molecule has 0 amide bonds. The van der Waals surface area contributed by atoms with Crippen LogP contribution in [0.25, 0.3) is 0 Å². The molecule has 0 spiro atoms. The highest BCUT2D eigenvalue weighted by atomic mass is 16.3. The van der Waals surface area contributed by atoms with Crippen molar-refractivity contribution in [2.24, 2.45) is 0 Å². The van der Waals surface area contributed by atoms with Gasteiger partial charge in [0.2, 0.25) is 0 Å². The lowest BCUT2D eigenvalue weighted by molar-refractivity contribution is 0.0826. The van der Waals surface area contributed by atoms with Gasteiger partial charge in [-0.1, -0.05) is 36.8 Å². The Labute approximate surface area is 120 Å². The first-order chi connectivity index (χ1) is 9.61. The molecule has 1 aromatic heterocycles. The summed E-state index contributed by atoms with van der Waals surface area (Å²) in [5.41, 5.74) is 1.93. The molecule has 20 heavy (non-hydrogen) atoms. The summed E-state index contributed by atoms with van der Waals surface area (Å²) >= 11 is 0. The normalized spacial score (nSPS) is 12.6. The number of hydrogen-bond donors (Lipinski definition) is 0. The van der Waals surface area contributed by atoms with Crippen LogP contribution in [0.3, 0.4) is 0 Å². The van der Waals surface area contributed by atoms with Crippen LogP contribution in [0, 0.1) is 6.92 Å². The Morgan fingerprint density at radius 1 is 1.25 bits per heavy atom. The molecule has 0 saturated heterocycles. The highest BCUT2D eigenvalue weighted by Crippen LogP contribution is 2.14. The van der Waals surface area contributed by atoms with Crippen LogP contribution in [0.1, 0.15) is 35.5 Å². The minimum atomic E-state index is -0.159. The second-order valence-electron chi connectivity index (χ2n) is 5.05. The summed E-state index contributed by atoms with van der Waals surface area (Å²) in [6.07, 6.45) is 1.66. The summed E-state index contributed by atoms with van der Waals surface area (Å²) in [4.78, 5) is 14.6. The third-order valence-corrected chi connectivity index (χ3v) is 3.61. The second kappa shape index (κ2) is 6.53. The zero-order chi connectivity index (χ0) is 14.5. The van der Waals surface area contributed by atoms with Crippen LogP contribution < -0.4 is 0 Å². The van der Waals surface area contributed by atoms with E-state index in [1.54, 1.807) is 6.26 Å². The average Bonchev–Trinajstić information content (AvgIpc) is 2.97. The molecule has 2 aromatic rings. The van der Waals surface area contributed by atoms with Gasteiger partial charge in [-0.05, 0) is 32.5 Å². The number of ketones is 1. The van der Waals surface area contributed by atoms with E-state index in [4.69, 9.17) is 4.42 Å². The van der Waals surface area contributed by atoms with Crippen molar-refractivity contribution in [2.75, 3.05) is 6.54 Å². The topological polar surface area (TPSA) is 33.5 Å². The van der Waals surface area contributed by atoms with Gasteiger partial charge in [-0.3, -0.25) is 9.69 Å². The standard InChI is InChI=1S/C17H21NO2/c1-4-18(12-16-6-5-11-20-16)14(3)17(19)15-9-7-13(2)8-10-15/h5-11,14H,4,12H2,1-3H3. The third kappa shape index (κ3) is 3.36. The number of furan rings is 1. The Hall–Kier alpha value is -1.87. The van der Waals surface area contributed by atoms with Crippen molar-refractivity contribution < 1.29 is 9.21 Å². The van der Waals surface area contributed by atoms with E-state index < -0.39 is 0 Å². The van der Waals surface area contributed by atoms with Gasteiger partial charge in [-0.25, -0.2) is 0 Å². The molecular formula is C17H21NO2. The maximum atomic E-state index is 12.5. The van der Waals surface area contributed by atoms with E-state index in [1.165, 1.54) is 0 Å². The fraction of sp³-hybridized carbons (Fsp3) is 0.353. The summed E-state index contributed by atoms with van der Waals surface area (Å²) in [5, 5.41) is 0. The first kappa shape index (κ1) is 14.5. The van der Waals surface area contributed by atoms with E-state index in [1.807, 2.05) is 50.2 Å². The molecule has 2 rings (SSSR count). The highest BCUT2D eigenvalue weighted by Gasteiger charge is 2.22. The van der Waals surface area contributed by atoms with Gasteiger partial charge in [0, 0.05) is 5.56 Å². The SMILES string of the molecule is CCN(Cc1ccco1)C(C)C(=O)c1ccc(C)cc1. The molecule has 0 saturated carbocycles. The van der Waals surface area contributed by atoms with Crippen molar-refractivity contribution in [2.45, 2.75) is 33.4 Å². The number of nitrogens with zero attached hydrogens (tertiary/aromatic N) is 1. The number of hydrogen-bond acceptors (Lipinski definition) is 3. The molecule has 1 atom stereocenters. The van der Waals surface area contributed by atoms with E-state index in [2.05, 4.69) is 11.8 Å². The molecule has 0 N–H and O–H groups in total. The number of benzene rings is 1. The summed E-state index contributed by atoms with van der Waals surface area (Å²) in [5.74, 6) is 1.04. The van der Waals surface area contributed by atoms with E-state index >= 15 is 0 Å². The first-order valence-corrected chi connectivity index (χ1v) is 6.99.